The molecule has 2 N–H and O–H groups in total. The largest absolute Gasteiger partial charge is 0.325 e. The van der Waals surface area contributed by atoms with Gasteiger partial charge in [0.2, 0.25) is 0 Å². The van der Waals surface area contributed by atoms with Crippen LogP contribution < -0.4 is 5.73 Å². The Bertz CT molecular complexity index is 260. The first-order valence-corrected chi connectivity index (χ1v) is 2.99. The van der Waals surface area contributed by atoms with Crippen molar-refractivity contribution in [2.24, 2.45) is 5.73 Å². The molecule has 0 bridgehead atoms. The first-order chi connectivity index (χ1) is 4.86. The van der Waals surface area contributed by atoms with Crippen LogP contribution in [0.4, 0.5) is 0 Å². The van der Waals surface area contributed by atoms with Crippen molar-refractivity contribution in [3.63, 3.8) is 0 Å². The number of nitrogens with two attached hydrogens (primary N) is 1. The molecule has 1 aromatic heterocycles. The SMILES string of the molecule is C#Cc1cccc(CN)n1. The fourth-order valence-electron chi connectivity index (χ4n) is 0.674. The number of rotatable bonds is 1. The molecule has 0 saturated heterocycles. The minimum Gasteiger partial charge on any atom is -0.325 e. The van der Waals surface area contributed by atoms with Crippen LogP contribution in [0.3, 0.4) is 0 Å². The Morgan fingerprint density at radius 1 is 1.60 bits per heavy atom. The Morgan fingerprint density at radius 2 is 2.40 bits per heavy atom. The van der Waals surface area contributed by atoms with E-state index in [2.05, 4.69) is 10.9 Å². The van der Waals surface area contributed by atoms with Crippen LogP contribution in [-0.4, -0.2) is 4.98 Å². The average Bonchev–Trinajstić information content (AvgIpc) is 2.05. The van der Waals surface area contributed by atoms with Gasteiger partial charge in [-0.05, 0) is 12.1 Å². The molecular formula is C8H8N2. The Morgan fingerprint density at radius 3 is 3.00 bits per heavy atom. The Kier molecular flexibility index (Phi) is 2.03. The third kappa shape index (κ3) is 1.34. The highest BCUT2D eigenvalue weighted by atomic mass is 14.7. The molecule has 0 aliphatic rings. The highest BCUT2D eigenvalue weighted by Gasteiger charge is 1.89. The standard InChI is InChI=1S/C8H8N2/c1-2-7-4-3-5-8(6-9)10-7/h1,3-5H,6,9H2. The number of terminal acetylenes is 1. The molecule has 1 heterocycles. The molecule has 1 rings (SSSR count). The fraction of sp³-hybridized carbons (Fsp3) is 0.125. The molecule has 2 nitrogen and oxygen atoms in total. The van der Waals surface area contributed by atoms with Crippen LogP contribution in [0.1, 0.15) is 11.4 Å². The van der Waals surface area contributed by atoms with Crippen molar-refractivity contribution in [3.05, 3.63) is 29.6 Å². The van der Waals surface area contributed by atoms with E-state index in [0.717, 1.165) is 5.69 Å². The van der Waals surface area contributed by atoms with E-state index in [4.69, 9.17) is 12.2 Å². The molecule has 0 fully saturated rings. The predicted octanol–water partition coefficient (Wildman–Crippen LogP) is 0.522. The summed E-state index contributed by atoms with van der Waals surface area (Å²) >= 11 is 0. The van der Waals surface area contributed by atoms with E-state index in [0.29, 0.717) is 12.2 Å². The molecule has 1 aromatic rings. The van der Waals surface area contributed by atoms with Crippen molar-refractivity contribution in [1.82, 2.24) is 4.98 Å². The molecule has 10 heavy (non-hydrogen) atoms. The van der Waals surface area contributed by atoms with Gasteiger partial charge in [-0.3, -0.25) is 0 Å². The number of hydrogen-bond donors (Lipinski definition) is 1. The first kappa shape index (κ1) is 6.79. The number of pyridine rings is 1. The average molecular weight is 132 g/mol. The van der Waals surface area contributed by atoms with Gasteiger partial charge in [0.25, 0.3) is 0 Å². The van der Waals surface area contributed by atoms with Crippen molar-refractivity contribution >= 4 is 0 Å². The minimum absolute atomic E-state index is 0.440. The maximum Gasteiger partial charge on any atom is 0.113 e. The number of nitrogens with zero attached hydrogens (tertiary/aromatic N) is 1. The lowest BCUT2D eigenvalue weighted by Gasteiger charge is -1.94. The Labute approximate surface area is 60.1 Å². The van der Waals surface area contributed by atoms with E-state index in [1.165, 1.54) is 0 Å². The lowest BCUT2D eigenvalue weighted by molar-refractivity contribution is 0.984. The van der Waals surface area contributed by atoms with Crippen molar-refractivity contribution in [1.29, 1.82) is 0 Å². The number of aromatic nitrogens is 1. The van der Waals surface area contributed by atoms with E-state index < -0.39 is 0 Å². The predicted molar refractivity (Wildman–Crippen MR) is 40.1 cm³/mol. The molecule has 0 aliphatic carbocycles. The van der Waals surface area contributed by atoms with E-state index in [1.54, 1.807) is 6.07 Å². The van der Waals surface area contributed by atoms with E-state index in [9.17, 15) is 0 Å². The van der Waals surface area contributed by atoms with Gasteiger partial charge < -0.3 is 5.73 Å². The molecule has 0 spiro atoms. The highest BCUT2D eigenvalue weighted by Crippen LogP contribution is 1.95. The molecule has 0 amide bonds. The van der Waals surface area contributed by atoms with E-state index in [1.807, 2.05) is 12.1 Å². The first-order valence-electron chi connectivity index (χ1n) is 2.99. The zero-order valence-electron chi connectivity index (χ0n) is 5.54. The number of hydrogen-bond acceptors (Lipinski definition) is 2. The van der Waals surface area contributed by atoms with Gasteiger partial charge >= 0.3 is 0 Å². The van der Waals surface area contributed by atoms with Gasteiger partial charge in [-0.1, -0.05) is 12.0 Å². The molecule has 50 valence electrons. The lowest BCUT2D eigenvalue weighted by atomic mass is 10.3. The summed E-state index contributed by atoms with van der Waals surface area (Å²) in [7, 11) is 0. The summed E-state index contributed by atoms with van der Waals surface area (Å²) in [5.41, 5.74) is 6.81. The quantitative estimate of drug-likeness (QED) is 0.566. The van der Waals surface area contributed by atoms with Crippen LogP contribution in [0.25, 0.3) is 0 Å². The van der Waals surface area contributed by atoms with Crippen molar-refractivity contribution < 1.29 is 0 Å². The second-order valence-corrected chi connectivity index (χ2v) is 1.86. The monoisotopic (exact) mass is 132 g/mol. The molecule has 0 radical (unpaired) electrons. The topological polar surface area (TPSA) is 38.9 Å². The smallest absolute Gasteiger partial charge is 0.113 e. The van der Waals surface area contributed by atoms with Gasteiger partial charge in [0.05, 0.1) is 5.69 Å². The Balaban J connectivity index is 3.01. The summed E-state index contributed by atoms with van der Waals surface area (Å²) < 4.78 is 0. The summed E-state index contributed by atoms with van der Waals surface area (Å²) in [6, 6.07) is 5.48. The minimum atomic E-state index is 0.440. The summed E-state index contributed by atoms with van der Waals surface area (Å²) in [4.78, 5) is 4.05. The molecule has 2 heteroatoms. The summed E-state index contributed by atoms with van der Waals surface area (Å²) in [5, 5.41) is 0. The summed E-state index contributed by atoms with van der Waals surface area (Å²) in [6.07, 6.45) is 5.12. The molecule has 0 saturated carbocycles. The van der Waals surface area contributed by atoms with Crippen LogP contribution >= 0.6 is 0 Å². The van der Waals surface area contributed by atoms with Gasteiger partial charge in [0.15, 0.2) is 0 Å². The third-order valence-corrected chi connectivity index (χ3v) is 1.16. The summed E-state index contributed by atoms with van der Waals surface area (Å²) in [6.45, 7) is 0.440. The van der Waals surface area contributed by atoms with E-state index in [-0.39, 0.29) is 0 Å². The van der Waals surface area contributed by atoms with Gasteiger partial charge in [-0.2, -0.15) is 0 Å². The molecule has 0 unspecified atom stereocenters. The van der Waals surface area contributed by atoms with Crippen LogP contribution in [0.15, 0.2) is 18.2 Å². The molecule has 0 atom stereocenters. The van der Waals surface area contributed by atoms with Crippen LogP contribution in [0.2, 0.25) is 0 Å². The maximum absolute atomic E-state index is 5.34. The molecular weight excluding hydrogens is 124 g/mol. The Hall–Kier alpha value is -1.33. The molecule has 0 aromatic carbocycles. The normalized spacial score (nSPS) is 8.80. The van der Waals surface area contributed by atoms with Crippen LogP contribution in [0.5, 0.6) is 0 Å². The summed E-state index contributed by atoms with van der Waals surface area (Å²) in [5.74, 6) is 2.44. The lowest BCUT2D eigenvalue weighted by Crippen LogP contribution is -1.99. The van der Waals surface area contributed by atoms with Gasteiger partial charge in [-0.15, -0.1) is 6.42 Å². The van der Waals surface area contributed by atoms with E-state index >= 15 is 0 Å². The molecule has 0 aliphatic heterocycles. The van der Waals surface area contributed by atoms with Gasteiger partial charge in [0.1, 0.15) is 5.69 Å². The van der Waals surface area contributed by atoms with Gasteiger partial charge in [-0.25, -0.2) is 4.98 Å². The second kappa shape index (κ2) is 3.00. The zero-order valence-corrected chi connectivity index (χ0v) is 5.54. The van der Waals surface area contributed by atoms with Crippen molar-refractivity contribution in [2.45, 2.75) is 6.54 Å². The fourth-order valence-corrected chi connectivity index (χ4v) is 0.674. The van der Waals surface area contributed by atoms with Crippen LogP contribution in [0, 0.1) is 12.3 Å². The highest BCUT2D eigenvalue weighted by molar-refractivity contribution is 5.25. The second-order valence-electron chi connectivity index (χ2n) is 1.86. The maximum atomic E-state index is 5.34. The zero-order chi connectivity index (χ0) is 7.40. The van der Waals surface area contributed by atoms with Crippen molar-refractivity contribution in [2.75, 3.05) is 0 Å². The van der Waals surface area contributed by atoms with Crippen LogP contribution in [-0.2, 0) is 6.54 Å². The third-order valence-electron chi connectivity index (χ3n) is 1.16. The van der Waals surface area contributed by atoms with Crippen molar-refractivity contribution in [3.8, 4) is 12.3 Å². The van der Waals surface area contributed by atoms with Gasteiger partial charge in [0, 0.05) is 6.54 Å².